The Kier molecular flexibility index (Phi) is 4.08. The standard InChI is InChI=1S/C8H16O2/c1-4-6(2)5-7(3)8(9)10/h6-7H,4-5H2,1-3H3,(H,9,10)/t6-,7+/m1/s1. The van der Waals surface area contributed by atoms with Crippen molar-refractivity contribution in [3.05, 3.63) is 0 Å². The largest absolute Gasteiger partial charge is 0.481 e. The molecular weight excluding hydrogens is 128 g/mol. The zero-order chi connectivity index (χ0) is 8.15. The molecule has 0 aliphatic carbocycles. The minimum Gasteiger partial charge on any atom is -0.481 e. The van der Waals surface area contributed by atoms with Crippen LogP contribution in [0, 0.1) is 11.8 Å². The first-order valence-corrected chi connectivity index (χ1v) is 3.80. The zero-order valence-electron chi connectivity index (χ0n) is 6.92. The van der Waals surface area contributed by atoms with Crippen molar-refractivity contribution >= 4 is 5.97 Å². The quantitative estimate of drug-likeness (QED) is 0.656. The first kappa shape index (κ1) is 9.47. The maximum absolute atomic E-state index is 10.4. The maximum Gasteiger partial charge on any atom is 0.306 e. The highest BCUT2D eigenvalue weighted by Gasteiger charge is 2.13. The van der Waals surface area contributed by atoms with E-state index in [0.29, 0.717) is 5.92 Å². The van der Waals surface area contributed by atoms with Gasteiger partial charge in [0.1, 0.15) is 0 Å². The Morgan fingerprint density at radius 2 is 2.00 bits per heavy atom. The highest BCUT2D eigenvalue weighted by atomic mass is 16.4. The summed E-state index contributed by atoms with van der Waals surface area (Å²) in [6.07, 6.45) is 1.86. The van der Waals surface area contributed by atoms with Crippen LogP contribution in [0.3, 0.4) is 0 Å². The Morgan fingerprint density at radius 1 is 1.50 bits per heavy atom. The Hall–Kier alpha value is -0.530. The predicted octanol–water partition coefficient (Wildman–Crippen LogP) is 2.14. The molecule has 0 aliphatic rings. The molecule has 0 aromatic heterocycles. The van der Waals surface area contributed by atoms with E-state index in [-0.39, 0.29) is 5.92 Å². The molecule has 0 spiro atoms. The monoisotopic (exact) mass is 144 g/mol. The summed E-state index contributed by atoms with van der Waals surface area (Å²) in [7, 11) is 0. The van der Waals surface area contributed by atoms with Gasteiger partial charge in [-0.15, -0.1) is 0 Å². The van der Waals surface area contributed by atoms with Gasteiger partial charge in [-0.25, -0.2) is 0 Å². The molecule has 10 heavy (non-hydrogen) atoms. The van der Waals surface area contributed by atoms with E-state index in [4.69, 9.17) is 5.11 Å². The molecule has 0 aromatic rings. The molecule has 60 valence electrons. The summed E-state index contributed by atoms with van der Waals surface area (Å²) in [4.78, 5) is 10.4. The second-order valence-electron chi connectivity index (χ2n) is 2.99. The molecule has 0 unspecified atom stereocenters. The minimum atomic E-state index is -0.680. The molecule has 0 rings (SSSR count). The van der Waals surface area contributed by atoms with Crippen LogP contribution in [-0.4, -0.2) is 11.1 Å². The van der Waals surface area contributed by atoms with E-state index in [2.05, 4.69) is 13.8 Å². The lowest BCUT2D eigenvalue weighted by Crippen LogP contribution is -2.12. The molecule has 0 aromatic carbocycles. The van der Waals surface area contributed by atoms with Gasteiger partial charge in [0.05, 0.1) is 5.92 Å². The third-order valence-corrected chi connectivity index (χ3v) is 1.87. The van der Waals surface area contributed by atoms with Crippen molar-refractivity contribution in [2.45, 2.75) is 33.6 Å². The number of hydrogen-bond acceptors (Lipinski definition) is 1. The first-order valence-electron chi connectivity index (χ1n) is 3.80. The molecular formula is C8H16O2. The second kappa shape index (κ2) is 4.31. The molecule has 0 radical (unpaired) electrons. The summed E-state index contributed by atoms with van der Waals surface area (Å²) in [6.45, 7) is 5.92. The van der Waals surface area contributed by atoms with Crippen LogP contribution in [0.4, 0.5) is 0 Å². The molecule has 1 N–H and O–H groups in total. The van der Waals surface area contributed by atoms with Gasteiger partial charge in [-0.1, -0.05) is 27.2 Å². The van der Waals surface area contributed by atoms with Crippen LogP contribution in [0.5, 0.6) is 0 Å². The van der Waals surface area contributed by atoms with E-state index in [9.17, 15) is 4.79 Å². The summed E-state index contributed by atoms with van der Waals surface area (Å²) in [6, 6.07) is 0. The Balaban J connectivity index is 3.56. The van der Waals surface area contributed by atoms with Gasteiger partial charge in [0.15, 0.2) is 0 Å². The molecule has 0 saturated heterocycles. The van der Waals surface area contributed by atoms with Crippen molar-refractivity contribution in [2.75, 3.05) is 0 Å². The SMILES string of the molecule is CC[C@@H](C)C[C@H](C)C(=O)O. The number of hydrogen-bond donors (Lipinski definition) is 1. The third-order valence-electron chi connectivity index (χ3n) is 1.87. The van der Waals surface area contributed by atoms with E-state index in [1.54, 1.807) is 6.92 Å². The molecule has 0 saturated carbocycles. The number of carboxylic acids is 1. The lowest BCUT2D eigenvalue weighted by atomic mass is 9.96. The maximum atomic E-state index is 10.4. The van der Waals surface area contributed by atoms with Gasteiger partial charge in [-0.05, 0) is 12.3 Å². The van der Waals surface area contributed by atoms with Gasteiger partial charge in [-0.2, -0.15) is 0 Å². The molecule has 2 nitrogen and oxygen atoms in total. The fourth-order valence-electron chi connectivity index (χ4n) is 0.871. The van der Waals surface area contributed by atoms with Crippen LogP contribution < -0.4 is 0 Å². The smallest absolute Gasteiger partial charge is 0.306 e. The molecule has 2 heteroatoms. The van der Waals surface area contributed by atoms with Gasteiger partial charge in [-0.3, -0.25) is 4.79 Å². The van der Waals surface area contributed by atoms with Crippen molar-refractivity contribution < 1.29 is 9.90 Å². The molecule has 0 aliphatic heterocycles. The van der Waals surface area contributed by atoms with Crippen molar-refractivity contribution in [3.63, 3.8) is 0 Å². The molecule has 0 amide bonds. The lowest BCUT2D eigenvalue weighted by molar-refractivity contribution is -0.141. The van der Waals surface area contributed by atoms with E-state index < -0.39 is 5.97 Å². The highest BCUT2D eigenvalue weighted by Crippen LogP contribution is 2.14. The lowest BCUT2D eigenvalue weighted by Gasteiger charge is -2.10. The number of rotatable bonds is 4. The number of carbonyl (C=O) groups is 1. The average molecular weight is 144 g/mol. The first-order chi connectivity index (χ1) is 4.57. The van der Waals surface area contributed by atoms with E-state index in [1.807, 2.05) is 0 Å². The Labute approximate surface area is 62.2 Å². The van der Waals surface area contributed by atoms with Crippen molar-refractivity contribution in [1.82, 2.24) is 0 Å². The van der Waals surface area contributed by atoms with E-state index in [0.717, 1.165) is 12.8 Å². The summed E-state index contributed by atoms with van der Waals surface area (Å²) in [5, 5.41) is 8.53. The van der Waals surface area contributed by atoms with Crippen molar-refractivity contribution in [2.24, 2.45) is 11.8 Å². The molecule has 0 heterocycles. The van der Waals surface area contributed by atoms with Gasteiger partial charge in [0, 0.05) is 0 Å². The highest BCUT2D eigenvalue weighted by molar-refractivity contribution is 5.69. The average Bonchev–Trinajstić information content (AvgIpc) is 1.87. The van der Waals surface area contributed by atoms with E-state index in [1.165, 1.54) is 0 Å². The fourth-order valence-corrected chi connectivity index (χ4v) is 0.871. The summed E-state index contributed by atoms with van der Waals surface area (Å²) >= 11 is 0. The summed E-state index contributed by atoms with van der Waals surface area (Å²) in [5.41, 5.74) is 0. The Morgan fingerprint density at radius 3 is 2.30 bits per heavy atom. The van der Waals surface area contributed by atoms with Crippen molar-refractivity contribution in [1.29, 1.82) is 0 Å². The molecule has 2 atom stereocenters. The summed E-state index contributed by atoms with van der Waals surface area (Å²) < 4.78 is 0. The topological polar surface area (TPSA) is 37.3 Å². The van der Waals surface area contributed by atoms with Crippen LogP contribution >= 0.6 is 0 Å². The fraction of sp³-hybridized carbons (Fsp3) is 0.875. The van der Waals surface area contributed by atoms with Crippen LogP contribution in [0.1, 0.15) is 33.6 Å². The van der Waals surface area contributed by atoms with Crippen LogP contribution in [0.2, 0.25) is 0 Å². The zero-order valence-corrected chi connectivity index (χ0v) is 6.92. The van der Waals surface area contributed by atoms with Crippen LogP contribution in [-0.2, 0) is 4.79 Å². The van der Waals surface area contributed by atoms with Crippen molar-refractivity contribution in [3.8, 4) is 0 Å². The van der Waals surface area contributed by atoms with Gasteiger partial charge < -0.3 is 5.11 Å². The Bertz CT molecular complexity index is 110. The van der Waals surface area contributed by atoms with Crippen LogP contribution in [0.25, 0.3) is 0 Å². The summed E-state index contributed by atoms with van der Waals surface area (Å²) in [5.74, 6) is -0.332. The van der Waals surface area contributed by atoms with Crippen LogP contribution in [0.15, 0.2) is 0 Å². The number of aliphatic carboxylic acids is 1. The second-order valence-corrected chi connectivity index (χ2v) is 2.99. The minimum absolute atomic E-state index is 0.185. The van der Waals surface area contributed by atoms with E-state index >= 15 is 0 Å². The van der Waals surface area contributed by atoms with Gasteiger partial charge in [0.2, 0.25) is 0 Å². The third kappa shape index (κ3) is 3.49. The molecule has 0 bridgehead atoms. The normalized spacial score (nSPS) is 16.3. The number of carboxylic acid groups (broad SMARTS) is 1. The predicted molar refractivity (Wildman–Crippen MR) is 40.9 cm³/mol. The van der Waals surface area contributed by atoms with Gasteiger partial charge in [0.25, 0.3) is 0 Å². The van der Waals surface area contributed by atoms with Gasteiger partial charge >= 0.3 is 5.97 Å². The molecule has 0 fully saturated rings.